The normalized spacial score (nSPS) is 19.3. The molecular weight excluding hydrogens is 188 g/mol. The van der Waals surface area contributed by atoms with E-state index in [2.05, 4.69) is 0 Å². The molecule has 0 aromatic heterocycles. The van der Waals surface area contributed by atoms with Crippen molar-refractivity contribution in [3.05, 3.63) is 28.8 Å². The average Bonchev–Trinajstić information content (AvgIpc) is 2.51. The smallest absolute Gasteiger partial charge is 0.124 e. The molecule has 68 valence electrons. The molecule has 0 N–H and O–H groups in total. The highest BCUT2D eigenvalue weighted by atomic mass is 35.5. The molecule has 0 fully saturated rings. The second-order valence-corrected chi connectivity index (χ2v) is 3.47. The third-order valence-corrected chi connectivity index (χ3v) is 2.57. The molecule has 0 bridgehead atoms. The molecule has 0 amide bonds. The number of carbonyl (C=O) groups is 1. The van der Waals surface area contributed by atoms with E-state index in [1.54, 1.807) is 0 Å². The van der Waals surface area contributed by atoms with Gasteiger partial charge in [-0.25, -0.2) is 0 Å². The molecule has 0 saturated heterocycles. The molecule has 2 rings (SSSR count). The van der Waals surface area contributed by atoms with E-state index in [4.69, 9.17) is 16.3 Å². The average molecular weight is 197 g/mol. The highest BCUT2D eigenvalue weighted by Gasteiger charge is 2.25. The summed E-state index contributed by atoms with van der Waals surface area (Å²) in [5.74, 6) is 0.959. The van der Waals surface area contributed by atoms with Crippen molar-refractivity contribution in [2.75, 3.05) is 6.61 Å². The molecule has 0 aliphatic carbocycles. The van der Waals surface area contributed by atoms with Gasteiger partial charge in [-0.2, -0.15) is 0 Å². The van der Waals surface area contributed by atoms with Gasteiger partial charge in [0.2, 0.25) is 0 Å². The molecule has 1 aliphatic rings. The van der Waals surface area contributed by atoms with Crippen molar-refractivity contribution in [1.29, 1.82) is 0 Å². The lowest BCUT2D eigenvalue weighted by Gasteiger charge is -2.04. The Bertz CT molecular complexity index is 336. The molecular formula is C10H9ClO2. The Labute approximate surface area is 81.5 Å². The highest BCUT2D eigenvalue weighted by molar-refractivity contribution is 6.31. The molecule has 1 atom stereocenters. The van der Waals surface area contributed by atoms with Crippen LogP contribution in [0.25, 0.3) is 0 Å². The largest absolute Gasteiger partial charge is 0.493 e. The summed E-state index contributed by atoms with van der Waals surface area (Å²) in [7, 11) is 0. The van der Waals surface area contributed by atoms with E-state index < -0.39 is 0 Å². The van der Waals surface area contributed by atoms with Gasteiger partial charge < -0.3 is 9.53 Å². The minimum Gasteiger partial charge on any atom is -0.493 e. The van der Waals surface area contributed by atoms with Gasteiger partial charge in [-0.05, 0) is 12.1 Å². The molecule has 1 unspecified atom stereocenters. The summed E-state index contributed by atoms with van der Waals surface area (Å²) < 4.78 is 5.40. The molecule has 0 radical (unpaired) electrons. The van der Waals surface area contributed by atoms with E-state index in [1.165, 1.54) is 0 Å². The first-order chi connectivity index (χ1) is 6.33. The lowest BCUT2D eigenvalue weighted by atomic mass is 9.99. The number of aldehydes is 1. The van der Waals surface area contributed by atoms with Gasteiger partial charge in [0, 0.05) is 22.9 Å². The Balaban J connectivity index is 2.39. The maximum atomic E-state index is 10.4. The standard InChI is InChI=1S/C10H9ClO2/c11-8-2-1-3-9-10(8)7(4-5-12)6-13-9/h1-3,5,7H,4,6H2. The number of hydrogen-bond donors (Lipinski definition) is 0. The number of hydrogen-bond acceptors (Lipinski definition) is 2. The van der Waals surface area contributed by atoms with Gasteiger partial charge >= 0.3 is 0 Å². The molecule has 13 heavy (non-hydrogen) atoms. The third kappa shape index (κ3) is 1.42. The molecule has 1 aromatic rings. The van der Waals surface area contributed by atoms with Gasteiger partial charge in [0.25, 0.3) is 0 Å². The SMILES string of the molecule is O=CCC1COc2cccc(Cl)c21. The van der Waals surface area contributed by atoms with E-state index in [0.717, 1.165) is 17.6 Å². The molecule has 1 aliphatic heterocycles. The van der Waals surface area contributed by atoms with Gasteiger partial charge in [-0.3, -0.25) is 0 Å². The quantitative estimate of drug-likeness (QED) is 0.679. The minimum atomic E-state index is 0.140. The van der Waals surface area contributed by atoms with Crippen LogP contribution in [0.4, 0.5) is 0 Å². The second kappa shape index (κ2) is 3.38. The fraction of sp³-hybridized carbons (Fsp3) is 0.300. The van der Waals surface area contributed by atoms with Crippen LogP contribution in [0, 0.1) is 0 Å². The van der Waals surface area contributed by atoms with Crippen LogP contribution >= 0.6 is 11.6 Å². The van der Waals surface area contributed by atoms with Crippen LogP contribution in [0.5, 0.6) is 5.75 Å². The van der Waals surface area contributed by atoms with Crippen molar-refractivity contribution in [3.8, 4) is 5.75 Å². The fourth-order valence-corrected chi connectivity index (χ4v) is 1.94. The first kappa shape index (κ1) is 8.57. The summed E-state index contributed by atoms with van der Waals surface area (Å²) in [5, 5.41) is 0.696. The van der Waals surface area contributed by atoms with E-state index in [1.807, 2.05) is 18.2 Å². The highest BCUT2D eigenvalue weighted by Crippen LogP contribution is 2.39. The molecule has 0 spiro atoms. The predicted molar refractivity (Wildman–Crippen MR) is 50.4 cm³/mol. The number of halogens is 1. The summed E-state index contributed by atoms with van der Waals surface area (Å²) in [4.78, 5) is 10.4. The Morgan fingerprint density at radius 3 is 3.23 bits per heavy atom. The van der Waals surface area contributed by atoms with E-state index >= 15 is 0 Å². The molecule has 1 aromatic carbocycles. The van der Waals surface area contributed by atoms with Gasteiger partial charge in [0.15, 0.2) is 0 Å². The second-order valence-electron chi connectivity index (χ2n) is 3.06. The predicted octanol–water partition coefficient (Wildman–Crippen LogP) is 2.41. The van der Waals surface area contributed by atoms with Crippen LogP contribution in [0.15, 0.2) is 18.2 Å². The van der Waals surface area contributed by atoms with Crippen LogP contribution in [-0.4, -0.2) is 12.9 Å². The first-order valence-corrected chi connectivity index (χ1v) is 4.55. The zero-order valence-corrected chi connectivity index (χ0v) is 7.75. The van der Waals surface area contributed by atoms with Crippen molar-refractivity contribution < 1.29 is 9.53 Å². The molecule has 3 heteroatoms. The summed E-state index contributed by atoms with van der Waals surface area (Å²) in [6, 6.07) is 5.56. The summed E-state index contributed by atoms with van der Waals surface area (Å²) in [6.07, 6.45) is 1.39. The number of rotatable bonds is 2. The maximum Gasteiger partial charge on any atom is 0.124 e. The van der Waals surface area contributed by atoms with Gasteiger partial charge in [0.05, 0.1) is 6.61 Å². The number of ether oxygens (including phenoxy) is 1. The Morgan fingerprint density at radius 1 is 1.62 bits per heavy atom. The van der Waals surface area contributed by atoms with Crippen LogP contribution < -0.4 is 4.74 Å². The van der Waals surface area contributed by atoms with Gasteiger partial charge in [-0.1, -0.05) is 17.7 Å². The fourth-order valence-electron chi connectivity index (χ4n) is 1.62. The van der Waals surface area contributed by atoms with Crippen molar-refractivity contribution in [1.82, 2.24) is 0 Å². The van der Waals surface area contributed by atoms with Crippen LogP contribution in [0.3, 0.4) is 0 Å². The monoisotopic (exact) mass is 196 g/mol. The summed E-state index contributed by atoms with van der Waals surface area (Å²) in [5.41, 5.74) is 0.983. The first-order valence-electron chi connectivity index (χ1n) is 4.17. The van der Waals surface area contributed by atoms with Crippen LogP contribution in [0.2, 0.25) is 5.02 Å². The number of fused-ring (bicyclic) bond motifs is 1. The lowest BCUT2D eigenvalue weighted by Crippen LogP contribution is -2.01. The maximum absolute atomic E-state index is 10.4. The van der Waals surface area contributed by atoms with Crippen molar-refractivity contribution in [2.45, 2.75) is 12.3 Å². The van der Waals surface area contributed by atoms with Crippen LogP contribution in [-0.2, 0) is 4.79 Å². The van der Waals surface area contributed by atoms with E-state index in [-0.39, 0.29) is 5.92 Å². The van der Waals surface area contributed by atoms with E-state index in [0.29, 0.717) is 18.1 Å². The van der Waals surface area contributed by atoms with Crippen LogP contribution in [0.1, 0.15) is 17.9 Å². The van der Waals surface area contributed by atoms with Crippen molar-refractivity contribution >= 4 is 17.9 Å². The Hall–Kier alpha value is -1.02. The van der Waals surface area contributed by atoms with E-state index in [9.17, 15) is 4.79 Å². The van der Waals surface area contributed by atoms with Crippen molar-refractivity contribution in [2.24, 2.45) is 0 Å². The molecule has 1 heterocycles. The topological polar surface area (TPSA) is 26.3 Å². The van der Waals surface area contributed by atoms with Gasteiger partial charge in [-0.15, -0.1) is 0 Å². The number of carbonyl (C=O) groups excluding carboxylic acids is 1. The summed E-state index contributed by atoms with van der Waals surface area (Å²) in [6.45, 7) is 0.567. The Morgan fingerprint density at radius 2 is 2.46 bits per heavy atom. The molecule has 2 nitrogen and oxygen atoms in total. The minimum absolute atomic E-state index is 0.140. The zero-order chi connectivity index (χ0) is 9.26. The zero-order valence-electron chi connectivity index (χ0n) is 7.00. The Kier molecular flexibility index (Phi) is 2.23. The van der Waals surface area contributed by atoms with Crippen molar-refractivity contribution in [3.63, 3.8) is 0 Å². The number of benzene rings is 1. The lowest BCUT2D eigenvalue weighted by molar-refractivity contribution is -0.108. The third-order valence-electron chi connectivity index (χ3n) is 2.24. The molecule has 0 saturated carbocycles. The van der Waals surface area contributed by atoms with Gasteiger partial charge in [0.1, 0.15) is 12.0 Å². The summed E-state index contributed by atoms with van der Waals surface area (Å²) >= 11 is 6.00.